The van der Waals surface area contributed by atoms with Crippen LogP contribution in [0.2, 0.25) is 0 Å². The van der Waals surface area contributed by atoms with Crippen LogP contribution in [-0.2, 0) is 0 Å². The quantitative estimate of drug-likeness (QED) is 0.446. The normalized spacial score (nSPS) is 10.5. The Bertz CT molecular complexity index is 825. The Morgan fingerprint density at radius 3 is 2.48 bits per heavy atom. The summed E-state index contributed by atoms with van der Waals surface area (Å²) in [6, 6.07) is 12.8. The van der Waals surface area contributed by atoms with Crippen molar-refractivity contribution in [3.05, 3.63) is 52.5 Å². The Morgan fingerprint density at radius 1 is 1.10 bits per heavy atom. The summed E-state index contributed by atoms with van der Waals surface area (Å²) in [6.07, 6.45) is 1.87. The van der Waals surface area contributed by atoms with E-state index in [-0.39, 0.29) is 11.0 Å². The third-order valence-corrected chi connectivity index (χ3v) is 4.65. The number of anilines is 1. The third-order valence-electron chi connectivity index (χ3n) is 3.95. The van der Waals surface area contributed by atoms with E-state index in [1.165, 1.54) is 0 Å². The topological polar surface area (TPSA) is 59.6 Å². The van der Waals surface area contributed by atoms with Gasteiger partial charge in [-0.05, 0) is 73.4 Å². The van der Waals surface area contributed by atoms with Gasteiger partial charge in [-0.15, -0.1) is 0 Å². The second kappa shape index (κ2) is 11.8. The zero-order valence-electron chi connectivity index (χ0n) is 17.0. The number of carbonyl (C=O) groups excluding carboxylic acids is 1. The molecular weight excluding hydrogens is 452 g/mol. The minimum Gasteiger partial charge on any atom is -0.494 e. The second-order valence-electron chi connectivity index (χ2n) is 6.95. The van der Waals surface area contributed by atoms with Gasteiger partial charge in [-0.25, -0.2) is 0 Å². The Morgan fingerprint density at radius 2 is 1.83 bits per heavy atom. The summed E-state index contributed by atoms with van der Waals surface area (Å²) in [5, 5.41) is 5.93. The maximum absolute atomic E-state index is 12.6. The molecule has 0 saturated carbocycles. The lowest BCUT2D eigenvalue weighted by Gasteiger charge is -2.14. The highest BCUT2D eigenvalue weighted by Crippen LogP contribution is 2.23. The zero-order valence-corrected chi connectivity index (χ0v) is 19.4. The highest BCUT2D eigenvalue weighted by Gasteiger charge is 2.15. The van der Waals surface area contributed by atoms with Crippen LogP contribution >= 0.6 is 28.1 Å². The first-order chi connectivity index (χ1) is 13.9. The van der Waals surface area contributed by atoms with Crippen molar-refractivity contribution in [1.29, 1.82) is 0 Å². The van der Waals surface area contributed by atoms with Gasteiger partial charge in [0.25, 0.3) is 5.91 Å². The fourth-order valence-electron chi connectivity index (χ4n) is 2.40. The van der Waals surface area contributed by atoms with E-state index >= 15 is 0 Å². The van der Waals surface area contributed by atoms with E-state index in [4.69, 9.17) is 21.7 Å². The number of rotatable bonds is 9. The van der Waals surface area contributed by atoms with Gasteiger partial charge in [0.15, 0.2) is 5.11 Å². The van der Waals surface area contributed by atoms with Crippen LogP contribution in [0.5, 0.6) is 11.5 Å². The summed E-state index contributed by atoms with van der Waals surface area (Å²) in [5.41, 5.74) is 1.19. The molecule has 156 valence electrons. The molecule has 0 saturated heterocycles. The number of amides is 1. The Hall–Kier alpha value is -2.12. The number of nitrogens with one attached hydrogen (secondary N) is 2. The molecular formula is C22H27BrN2O3S. The van der Waals surface area contributed by atoms with Crippen LogP contribution in [0.1, 0.15) is 44.0 Å². The number of hydrogen-bond donors (Lipinski definition) is 2. The molecule has 2 aromatic rings. The number of thiocarbonyl (C=S) groups is 1. The monoisotopic (exact) mass is 478 g/mol. The van der Waals surface area contributed by atoms with Crippen molar-refractivity contribution in [3.63, 3.8) is 0 Å². The highest BCUT2D eigenvalue weighted by atomic mass is 79.9. The molecule has 2 N–H and O–H groups in total. The fraction of sp³-hybridized carbons (Fsp3) is 0.364. The van der Waals surface area contributed by atoms with Crippen molar-refractivity contribution in [2.75, 3.05) is 18.5 Å². The smallest absolute Gasteiger partial charge is 0.261 e. The lowest BCUT2D eigenvalue weighted by molar-refractivity contribution is 0.0973. The van der Waals surface area contributed by atoms with Gasteiger partial charge in [-0.2, -0.15) is 0 Å². The van der Waals surface area contributed by atoms with Crippen LogP contribution in [0.4, 0.5) is 5.69 Å². The molecule has 0 aromatic heterocycles. The van der Waals surface area contributed by atoms with Crippen molar-refractivity contribution in [2.45, 2.75) is 33.6 Å². The van der Waals surface area contributed by atoms with E-state index in [0.29, 0.717) is 30.4 Å². The standard InChI is InChI=1S/C22H27BrN2O3S/c1-4-12-28-20-10-5-16(23)14-19(20)21(26)25-22(29)24-17-6-8-18(9-7-17)27-13-11-15(2)3/h5-10,14-15H,4,11-13H2,1-3H3,(H2,24,25,26,29). The molecule has 2 aromatic carbocycles. The minimum atomic E-state index is -0.330. The molecule has 7 heteroatoms. The van der Waals surface area contributed by atoms with Gasteiger partial charge >= 0.3 is 0 Å². The van der Waals surface area contributed by atoms with Gasteiger partial charge in [0.2, 0.25) is 0 Å². The first kappa shape index (κ1) is 23.2. The molecule has 0 spiro atoms. The predicted molar refractivity (Wildman–Crippen MR) is 125 cm³/mol. The maximum Gasteiger partial charge on any atom is 0.261 e. The number of carbonyl (C=O) groups is 1. The molecule has 0 aliphatic rings. The number of hydrogen-bond acceptors (Lipinski definition) is 4. The largest absolute Gasteiger partial charge is 0.494 e. The molecule has 1 amide bonds. The van der Waals surface area contributed by atoms with Gasteiger partial charge in [0, 0.05) is 10.2 Å². The molecule has 0 fully saturated rings. The van der Waals surface area contributed by atoms with E-state index in [2.05, 4.69) is 40.4 Å². The third kappa shape index (κ3) is 8.03. The van der Waals surface area contributed by atoms with Crippen molar-refractivity contribution in [1.82, 2.24) is 5.32 Å². The van der Waals surface area contributed by atoms with Crippen LogP contribution < -0.4 is 20.1 Å². The summed E-state index contributed by atoms with van der Waals surface area (Å²) in [5.74, 6) is 1.61. The molecule has 5 nitrogen and oxygen atoms in total. The summed E-state index contributed by atoms with van der Waals surface area (Å²) in [7, 11) is 0. The summed E-state index contributed by atoms with van der Waals surface area (Å²) in [4.78, 5) is 12.6. The van der Waals surface area contributed by atoms with E-state index in [1.54, 1.807) is 12.1 Å². The summed E-state index contributed by atoms with van der Waals surface area (Å²) >= 11 is 8.67. The minimum absolute atomic E-state index is 0.213. The molecule has 0 aliphatic carbocycles. The van der Waals surface area contributed by atoms with Crippen LogP contribution in [0, 0.1) is 5.92 Å². The van der Waals surface area contributed by atoms with Crippen LogP contribution in [0.25, 0.3) is 0 Å². The van der Waals surface area contributed by atoms with Gasteiger partial charge in [-0.1, -0.05) is 36.7 Å². The summed E-state index contributed by atoms with van der Waals surface area (Å²) in [6.45, 7) is 7.57. The van der Waals surface area contributed by atoms with E-state index in [0.717, 1.165) is 28.8 Å². The average Bonchev–Trinajstić information content (AvgIpc) is 2.68. The molecule has 0 aliphatic heterocycles. The highest BCUT2D eigenvalue weighted by molar-refractivity contribution is 9.10. The lowest BCUT2D eigenvalue weighted by Crippen LogP contribution is -2.34. The molecule has 2 rings (SSSR count). The van der Waals surface area contributed by atoms with E-state index in [9.17, 15) is 4.79 Å². The number of halogens is 1. The van der Waals surface area contributed by atoms with E-state index in [1.807, 2.05) is 37.3 Å². The Labute approximate surface area is 186 Å². The summed E-state index contributed by atoms with van der Waals surface area (Å²) < 4.78 is 12.2. The van der Waals surface area contributed by atoms with E-state index < -0.39 is 0 Å². The molecule has 0 bridgehead atoms. The molecule has 0 unspecified atom stereocenters. The predicted octanol–water partition coefficient (Wildman–Crippen LogP) is 5.79. The zero-order chi connectivity index (χ0) is 21.2. The fourth-order valence-corrected chi connectivity index (χ4v) is 2.97. The van der Waals surface area contributed by atoms with Crippen LogP contribution in [0.3, 0.4) is 0 Å². The SMILES string of the molecule is CCCOc1ccc(Br)cc1C(=O)NC(=S)Nc1ccc(OCCC(C)C)cc1. The maximum atomic E-state index is 12.6. The first-order valence-corrected chi connectivity index (χ1v) is 10.9. The molecule has 0 radical (unpaired) electrons. The van der Waals surface area contributed by atoms with Crippen molar-refractivity contribution in [3.8, 4) is 11.5 Å². The van der Waals surface area contributed by atoms with Crippen molar-refractivity contribution < 1.29 is 14.3 Å². The molecule has 0 atom stereocenters. The number of ether oxygens (including phenoxy) is 2. The van der Waals surface area contributed by atoms with Crippen molar-refractivity contribution in [2.24, 2.45) is 5.92 Å². The second-order valence-corrected chi connectivity index (χ2v) is 8.28. The average molecular weight is 479 g/mol. The van der Waals surface area contributed by atoms with Crippen LogP contribution in [0.15, 0.2) is 46.9 Å². The van der Waals surface area contributed by atoms with Gasteiger partial charge < -0.3 is 14.8 Å². The van der Waals surface area contributed by atoms with Crippen molar-refractivity contribution >= 4 is 44.9 Å². The van der Waals surface area contributed by atoms with Gasteiger partial charge in [-0.3, -0.25) is 10.1 Å². The van der Waals surface area contributed by atoms with Crippen LogP contribution in [-0.4, -0.2) is 24.2 Å². The first-order valence-electron chi connectivity index (χ1n) is 9.66. The number of benzene rings is 2. The molecule has 29 heavy (non-hydrogen) atoms. The van der Waals surface area contributed by atoms with Gasteiger partial charge in [0.05, 0.1) is 18.8 Å². The van der Waals surface area contributed by atoms with Gasteiger partial charge in [0.1, 0.15) is 11.5 Å². The molecule has 0 heterocycles. The Kier molecular flexibility index (Phi) is 9.41. The Balaban J connectivity index is 1.93. The lowest BCUT2D eigenvalue weighted by atomic mass is 10.1.